The van der Waals surface area contributed by atoms with Gasteiger partial charge >= 0.3 is 0 Å². The SMILES string of the molecule is CCP(=O)(CC)c1ccoc1-c1ccccn1. The molecule has 0 aliphatic carbocycles. The smallest absolute Gasteiger partial charge is 0.162 e. The van der Waals surface area contributed by atoms with Crippen molar-refractivity contribution in [3.63, 3.8) is 0 Å². The fraction of sp³-hybridized carbons (Fsp3) is 0.308. The Morgan fingerprint density at radius 2 is 2.00 bits per heavy atom. The molecule has 0 unspecified atom stereocenters. The first kappa shape index (κ1) is 12.1. The van der Waals surface area contributed by atoms with Crippen molar-refractivity contribution >= 4 is 12.4 Å². The van der Waals surface area contributed by atoms with Crippen LogP contribution in [0.25, 0.3) is 11.5 Å². The van der Waals surface area contributed by atoms with Crippen LogP contribution in [0.5, 0.6) is 0 Å². The third-order valence-corrected chi connectivity index (χ3v) is 6.28. The summed E-state index contributed by atoms with van der Waals surface area (Å²) in [6.45, 7) is 3.92. The summed E-state index contributed by atoms with van der Waals surface area (Å²) in [7, 11) is -2.32. The average Bonchev–Trinajstić information content (AvgIpc) is 2.88. The van der Waals surface area contributed by atoms with Crippen LogP contribution >= 0.6 is 7.14 Å². The quantitative estimate of drug-likeness (QED) is 0.780. The summed E-state index contributed by atoms with van der Waals surface area (Å²) in [5.74, 6) is 0.651. The molecule has 2 aromatic rings. The molecule has 2 heterocycles. The van der Waals surface area contributed by atoms with Gasteiger partial charge in [-0.1, -0.05) is 19.9 Å². The Balaban J connectivity index is 2.53. The summed E-state index contributed by atoms with van der Waals surface area (Å²) in [6.07, 6.45) is 4.62. The van der Waals surface area contributed by atoms with Gasteiger partial charge in [-0.05, 0) is 18.2 Å². The van der Waals surface area contributed by atoms with Gasteiger partial charge in [-0.2, -0.15) is 0 Å². The van der Waals surface area contributed by atoms with Crippen molar-refractivity contribution in [2.75, 3.05) is 12.3 Å². The Labute approximate surface area is 101 Å². The van der Waals surface area contributed by atoms with Crippen LogP contribution in [0.4, 0.5) is 0 Å². The number of rotatable bonds is 4. The van der Waals surface area contributed by atoms with E-state index in [1.165, 1.54) is 0 Å². The summed E-state index contributed by atoms with van der Waals surface area (Å²) in [4.78, 5) is 4.25. The molecule has 2 aromatic heterocycles. The topological polar surface area (TPSA) is 43.1 Å². The van der Waals surface area contributed by atoms with E-state index in [0.717, 1.165) is 11.0 Å². The second-order valence-corrected chi connectivity index (χ2v) is 7.40. The third-order valence-electron chi connectivity index (χ3n) is 3.00. The van der Waals surface area contributed by atoms with Crippen molar-refractivity contribution in [1.29, 1.82) is 0 Å². The van der Waals surface area contributed by atoms with Crippen molar-refractivity contribution < 1.29 is 8.98 Å². The minimum atomic E-state index is -2.32. The van der Waals surface area contributed by atoms with Gasteiger partial charge in [-0.3, -0.25) is 4.98 Å². The first-order chi connectivity index (χ1) is 8.21. The first-order valence-electron chi connectivity index (χ1n) is 5.79. The first-order valence-corrected chi connectivity index (χ1v) is 7.86. The van der Waals surface area contributed by atoms with Gasteiger partial charge in [0.25, 0.3) is 0 Å². The van der Waals surface area contributed by atoms with Crippen molar-refractivity contribution in [2.24, 2.45) is 0 Å². The summed E-state index contributed by atoms with van der Waals surface area (Å²) in [5.41, 5.74) is 0.745. The van der Waals surface area contributed by atoms with E-state index in [-0.39, 0.29) is 0 Å². The van der Waals surface area contributed by atoms with Crippen LogP contribution in [-0.4, -0.2) is 17.3 Å². The number of furan rings is 1. The molecule has 0 bridgehead atoms. The van der Waals surface area contributed by atoms with E-state index in [2.05, 4.69) is 4.98 Å². The molecule has 0 amide bonds. The predicted molar refractivity (Wildman–Crippen MR) is 70.3 cm³/mol. The lowest BCUT2D eigenvalue weighted by molar-refractivity contribution is 0.576. The number of hydrogen-bond acceptors (Lipinski definition) is 3. The van der Waals surface area contributed by atoms with Gasteiger partial charge in [0.1, 0.15) is 12.8 Å². The van der Waals surface area contributed by atoms with E-state index in [9.17, 15) is 4.57 Å². The fourth-order valence-corrected chi connectivity index (χ4v) is 3.87. The Kier molecular flexibility index (Phi) is 3.49. The molecule has 0 radical (unpaired) electrons. The minimum absolute atomic E-state index is 0.651. The molecule has 0 spiro atoms. The molecule has 0 atom stereocenters. The molecule has 0 fully saturated rings. The van der Waals surface area contributed by atoms with Crippen molar-refractivity contribution in [1.82, 2.24) is 4.98 Å². The van der Waals surface area contributed by atoms with Crippen molar-refractivity contribution in [3.8, 4) is 11.5 Å². The van der Waals surface area contributed by atoms with Crippen LogP contribution in [0.2, 0.25) is 0 Å². The molecule has 0 aromatic carbocycles. The molecule has 2 rings (SSSR count). The van der Waals surface area contributed by atoms with Crippen LogP contribution in [0.15, 0.2) is 41.1 Å². The van der Waals surface area contributed by atoms with Crippen LogP contribution < -0.4 is 5.30 Å². The monoisotopic (exact) mass is 249 g/mol. The van der Waals surface area contributed by atoms with E-state index in [1.54, 1.807) is 12.5 Å². The van der Waals surface area contributed by atoms with Gasteiger partial charge in [0.05, 0.1) is 11.6 Å². The Bertz CT molecular complexity index is 525. The Hall–Kier alpha value is -1.34. The number of nitrogens with zero attached hydrogens (tertiary/aromatic N) is 1. The van der Waals surface area contributed by atoms with Gasteiger partial charge in [0.2, 0.25) is 0 Å². The highest BCUT2D eigenvalue weighted by atomic mass is 31.2. The zero-order valence-electron chi connectivity index (χ0n) is 10.1. The average molecular weight is 249 g/mol. The molecule has 0 aliphatic heterocycles. The minimum Gasteiger partial charge on any atom is -0.462 e. The van der Waals surface area contributed by atoms with E-state index in [1.807, 2.05) is 38.1 Å². The molecule has 0 aliphatic rings. The third kappa shape index (κ3) is 2.20. The molecule has 0 saturated carbocycles. The van der Waals surface area contributed by atoms with Crippen molar-refractivity contribution in [2.45, 2.75) is 13.8 Å². The van der Waals surface area contributed by atoms with E-state index in [0.29, 0.717) is 18.1 Å². The Morgan fingerprint density at radius 3 is 2.59 bits per heavy atom. The van der Waals surface area contributed by atoms with Gasteiger partial charge < -0.3 is 8.98 Å². The van der Waals surface area contributed by atoms with E-state index < -0.39 is 7.14 Å². The summed E-state index contributed by atoms with van der Waals surface area (Å²) in [5, 5.41) is 0.821. The molecule has 4 heteroatoms. The lowest BCUT2D eigenvalue weighted by atomic mass is 10.3. The predicted octanol–water partition coefficient (Wildman–Crippen LogP) is 3.37. The maximum absolute atomic E-state index is 12.7. The maximum atomic E-state index is 12.7. The number of pyridine rings is 1. The van der Waals surface area contributed by atoms with E-state index in [4.69, 9.17) is 4.42 Å². The number of aromatic nitrogens is 1. The van der Waals surface area contributed by atoms with Crippen LogP contribution in [-0.2, 0) is 4.57 Å². The van der Waals surface area contributed by atoms with Crippen molar-refractivity contribution in [3.05, 3.63) is 36.7 Å². The lowest BCUT2D eigenvalue weighted by Gasteiger charge is -2.13. The summed E-state index contributed by atoms with van der Waals surface area (Å²) < 4.78 is 18.2. The largest absolute Gasteiger partial charge is 0.462 e. The highest BCUT2D eigenvalue weighted by Crippen LogP contribution is 2.46. The summed E-state index contributed by atoms with van der Waals surface area (Å²) in [6, 6.07) is 7.44. The summed E-state index contributed by atoms with van der Waals surface area (Å²) >= 11 is 0. The molecule has 17 heavy (non-hydrogen) atoms. The highest BCUT2D eigenvalue weighted by Gasteiger charge is 2.26. The number of hydrogen-bond donors (Lipinski definition) is 0. The van der Waals surface area contributed by atoms with Gasteiger partial charge in [0.15, 0.2) is 5.76 Å². The van der Waals surface area contributed by atoms with Gasteiger partial charge in [0, 0.05) is 18.5 Å². The fourth-order valence-electron chi connectivity index (χ4n) is 1.88. The molecule has 0 N–H and O–H groups in total. The second kappa shape index (κ2) is 4.89. The standard InChI is InChI=1S/C13H16NO2P/c1-3-17(15,4-2)12-8-10-16-13(12)11-7-5-6-9-14-11/h5-10H,3-4H2,1-2H3. The molecule has 3 nitrogen and oxygen atoms in total. The second-order valence-electron chi connectivity index (χ2n) is 3.87. The van der Waals surface area contributed by atoms with Crippen LogP contribution in [0.1, 0.15) is 13.8 Å². The van der Waals surface area contributed by atoms with Crippen LogP contribution in [0, 0.1) is 0 Å². The Morgan fingerprint density at radius 1 is 1.24 bits per heavy atom. The van der Waals surface area contributed by atoms with Crippen LogP contribution in [0.3, 0.4) is 0 Å². The lowest BCUT2D eigenvalue weighted by Crippen LogP contribution is -2.09. The molecular formula is C13H16NO2P. The van der Waals surface area contributed by atoms with E-state index >= 15 is 0 Å². The zero-order chi connectivity index (χ0) is 12.3. The zero-order valence-corrected chi connectivity index (χ0v) is 11.0. The normalized spacial score (nSPS) is 11.6. The van der Waals surface area contributed by atoms with Gasteiger partial charge in [-0.25, -0.2) is 0 Å². The molecular weight excluding hydrogens is 233 g/mol. The highest BCUT2D eigenvalue weighted by molar-refractivity contribution is 7.71. The maximum Gasteiger partial charge on any atom is 0.162 e. The van der Waals surface area contributed by atoms with Gasteiger partial charge in [-0.15, -0.1) is 0 Å². The molecule has 90 valence electrons. The molecule has 0 saturated heterocycles.